The molecule has 5 heteroatoms. The first-order chi connectivity index (χ1) is 11.6. The minimum Gasteiger partial charge on any atom is -0.369 e. The molecule has 4 atom stereocenters. The fourth-order valence-electron chi connectivity index (χ4n) is 5.30. The first-order valence-corrected chi connectivity index (χ1v) is 9.32. The Morgan fingerprint density at radius 3 is 2.40 bits per heavy atom. The van der Waals surface area contributed by atoms with E-state index in [1.165, 1.54) is 32.1 Å². The molecule has 0 radical (unpaired) electrons. The molecule has 0 spiro atoms. The second kappa shape index (κ2) is 6.99. The van der Waals surface area contributed by atoms with Crippen LogP contribution in [-0.4, -0.2) is 23.8 Å². The van der Waals surface area contributed by atoms with Gasteiger partial charge in [0.05, 0.1) is 0 Å². The fraction of sp³-hybridized carbons (Fsp3) is 0.600. The number of aliphatic imine (C=N–C) groups is 1. The maximum absolute atomic E-state index is 13.2. The molecular weight excluding hydrogens is 334 g/mol. The number of carbonyl (C=O) groups excluding carboxylic acids is 1. The maximum atomic E-state index is 13.2. The van der Waals surface area contributed by atoms with Gasteiger partial charge in [-0.15, -0.1) is 12.4 Å². The first-order valence-electron chi connectivity index (χ1n) is 9.32. The molecule has 4 rings (SSSR count). The lowest BCUT2D eigenvalue weighted by molar-refractivity contribution is -0.133. The van der Waals surface area contributed by atoms with Gasteiger partial charge < -0.3 is 5.73 Å². The third-order valence-corrected chi connectivity index (χ3v) is 6.61. The Morgan fingerprint density at radius 2 is 1.76 bits per heavy atom. The normalized spacial score (nSPS) is 34.9. The molecule has 2 saturated carbocycles. The number of hydrogen-bond donors (Lipinski definition) is 1. The van der Waals surface area contributed by atoms with Crippen molar-refractivity contribution in [2.45, 2.75) is 50.5 Å². The van der Waals surface area contributed by atoms with Crippen LogP contribution in [0.15, 0.2) is 35.3 Å². The van der Waals surface area contributed by atoms with Gasteiger partial charge in [0, 0.05) is 7.05 Å². The van der Waals surface area contributed by atoms with Crippen LogP contribution in [-0.2, 0) is 10.3 Å². The Hall–Kier alpha value is -1.55. The number of nitrogens with two attached hydrogens (primary N) is 1. The average Bonchev–Trinajstić information content (AvgIpc) is 2.87. The summed E-state index contributed by atoms with van der Waals surface area (Å²) in [5, 5.41) is 0. The van der Waals surface area contributed by atoms with E-state index in [0.717, 1.165) is 30.2 Å². The Morgan fingerprint density at radius 1 is 1.08 bits per heavy atom. The zero-order valence-electron chi connectivity index (χ0n) is 14.9. The minimum absolute atomic E-state index is 0. The average molecular weight is 362 g/mol. The third kappa shape index (κ3) is 2.84. The van der Waals surface area contributed by atoms with Gasteiger partial charge in [-0.05, 0) is 42.6 Å². The highest BCUT2D eigenvalue weighted by Crippen LogP contribution is 2.51. The van der Waals surface area contributed by atoms with Gasteiger partial charge in [0.2, 0.25) is 0 Å². The number of rotatable bonds is 2. The van der Waals surface area contributed by atoms with Gasteiger partial charge in [-0.3, -0.25) is 9.69 Å². The number of nitrogens with zero attached hydrogens (tertiary/aromatic N) is 2. The molecule has 136 valence electrons. The standard InChI is InChI=1S/C20H27N3O.ClH/c1-23-18(24)20(22-19(23)21,16-9-3-2-4-10-16)17-12-11-14-7-5-6-8-15(14)13-17;/h2-4,9-10,14-15,17H,5-8,11-13H2,1H3,(H2,21,22);1H. The van der Waals surface area contributed by atoms with Crippen LogP contribution in [0.4, 0.5) is 0 Å². The SMILES string of the molecule is CN1C(=O)C(c2ccccc2)(C2CCC3CCCCC3C2)N=C1N.Cl. The van der Waals surface area contributed by atoms with Gasteiger partial charge in [0.25, 0.3) is 5.91 Å². The van der Waals surface area contributed by atoms with E-state index in [1.807, 2.05) is 30.3 Å². The molecule has 4 unspecified atom stereocenters. The Kier molecular flexibility index (Phi) is 5.10. The summed E-state index contributed by atoms with van der Waals surface area (Å²) in [7, 11) is 1.75. The highest BCUT2D eigenvalue weighted by molar-refractivity contribution is 6.07. The smallest absolute Gasteiger partial charge is 0.261 e. The first kappa shape index (κ1) is 18.2. The Balaban J connectivity index is 0.00000182. The molecule has 1 aromatic carbocycles. The molecular formula is C20H28ClN3O. The van der Waals surface area contributed by atoms with Crippen molar-refractivity contribution in [1.29, 1.82) is 0 Å². The van der Waals surface area contributed by atoms with Gasteiger partial charge in [-0.1, -0.05) is 56.0 Å². The predicted molar refractivity (Wildman–Crippen MR) is 103 cm³/mol. The van der Waals surface area contributed by atoms with Crippen LogP contribution in [0.2, 0.25) is 0 Å². The molecule has 25 heavy (non-hydrogen) atoms. The monoisotopic (exact) mass is 361 g/mol. The second-order valence-electron chi connectivity index (χ2n) is 7.78. The van der Waals surface area contributed by atoms with Gasteiger partial charge in [0.15, 0.2) is 11.5 Å². The summed E-state index contributed by atoms with van der Waals surface area (Å²) in [6.45, 7) is 0. The highest BCUT2D eigenvalue weighted by Gasteiger charge is 2.54. The molecule has 4 nitrogen and oxygen atoms in total. The minimum atomic E-state index is -0.803. The number of carbonyl (C=O) groups is 1. The predicted octanol–water partition coefficient (Wildman–Crippen LogP) is 3.70. The van der Waals surface area contributed by atoms with Gasteiger partial charge >= 0.3 is 0 Å². The molecule has 2 aliphatic carbocycles. The Labute approximate surface area is 156 Å². The number of fused-ring (bicyclic) bond motifs is 1. The topological polar surface area (TPSA) is 58.7 Å². The van der Waals surface area contributed by atoms with E-state index >= 15 is 0 Å². The van der Waals surface area contributed by atoms with Crippen molar-refractivity contribution in [3.63, 3.8) is 0 Å². The summed E-state index contributed by atoms with van der Waals surface area (Å²) in [5.74, 6) is 2.28. The summed E-state index contributed by atoms with van der Waals surface area (Å²) in [6.07, 6.45) is 8.82. The highest BCUT2D eigenvalue weighted by atomic mass is 35.5. The van der Waals surface area contributed by atoms with E-state index in [0.29, 0.717) is 5.96 Å². The molecule has 2 N–H and O–H groups in total. The van der Waals surface area contributed by atoms with Crippen LogP contribution in [0, 0.1) is 17.8 Å². The number of likely N-dealkylation sites (N-methyl/N-ethyl adjacent to an activating group) is 1. The lowest BCUT2D eigenvalue weighted by atomic mass is 9.61. The summed E-state index contributed by atoms with van der Waals surface area (Å²) >= 11 is 0. The van der Waals surface area contributed by atoms with Gasteiger partial charge in [-0.25, -0.2) is 4.99 Å². The number of halogens is 1. The molecule has 1 heterocycles. The third-order valence-electron chi connectivity index (χ3n) is 6.61. The lowest BCUT2D eigenvalue weighted by Crippen LogP contribution is -2.47. The quantitative estimate of drug-likeness (QED) is 0.873. The molecule has 1 aromatic rings. The zero-order chi connectivity index (χ0) is 16.7. The van der Waals surface area contributed by atoms with Crippen molar-refractivity contribution < 1.29 is 4.79 Å². The molecule has 0 aromatic heterocycles. The molecule has 0 saturated heterocycles. The van der Waals surface area contributed by atoms with E-state index < -0.39 is 5.54 Å². The lowest BCUT2D eigenvalue weighted by Gasteiger charge is -2.44. The summed E-state index contributed by atoms with van der Waals surface area (Å²) in [6, 6.07) is 10.1. The number of hydrogen-bond acceptors (Lipinski definition) is 3. The molecule has 0 bridgehead atoms. The van der Waals surface area contributed by atoms with Crippen molar-refractivity contribution in [3.05, 3.63) is 35.9 Å². The summed E-state index contributed by atoms with van der Waals surface area (Å²) < 4.78 is 0. The maximum Gasteiger partial charge on any atom is 0.261 e. The van der Waals surface area contributed by atoms with Crippen LogP contribution >= 0.6 is 12.4 Å². The molecule has 3 aliphatic rings. The van der Waals surface area contributed by atoms with Crippen molar-refractivity contribution in [1.82, 2.24) is 4.90 Å². The molecule has 2 fully saturated rings. The molecule has 1 aliphatic heterocycles. The largest absolute Gasteiger partial charge is 0.369 e. The van der Waals surface area contributed by atoms with Crippen LogP contribution < -0.4 is 5.73 Å². The van der Waals surface area contributed by atoms with Crippen LogP contribution in [0.5, 0.6) is 0 Å². The van der Waals surface area contributed by atoms with Gasteiger partial charge in [-0.2, -0.15) is 0 Å². The van der Waals surface area contributed by atoms with E-state index in [4.69, 9.17) is 10.7 Å². The summed E-state index contributed by atoms with van der Waals surface area (Å²) in [5.41, 5.74) is 6.27. The fourth-order valence-corrected chi connectivity index (χ4v) is 5.30. The Bertz CT molecular complexity index is 662. The van der Waals surface area contributed by atoms with Crippen LogP contribution in [0.25, 0.3) is 0 Å². The van der Waals surface area contributed by atoms with Gasteiger partial charge in [0.1, 0.15) is 0 Å². The zero-order valence-corrected chi connectivity index (χ0v) is 15.7. The van der Waals surface area contributed by atoms with Crippen molar-refractivity contribution in [3.8, 4) is 0 Å². The second-order valence-corrected chi connectivity index (χ2v) is 7.78. The van der Waals surface area contributed by atoms with E-state index in [-0.39, 0.29) is 24.2 Å². The molecule has 1 amide bonds. The van der Waals surface area contributed by atoms with Crippen LogP contribution in [0.1, 0.15) is 50.5 Å². The van der Waals surface area contributed by atoms with Crippen LogP contribution in [0.3, 0.4) is 0 Å². The number of guanidine groups is 1. The summed E-state index contributed by atoms with van der Waals surface area (Å²) in [4.78, 5) is 19.6. The number of amides is 1. The van der Waals surface area contributed by atoms with E-state index in [1.54, 1.807) is 11.9 Å². The van der Waals surface area contributed by atoms with E-state index in [9.17, 15) is 4.79 Å². The van der Waals surface area contributed by atoms with Crippen molar-refractivity contribution in [2.75, 3.05) is 7.05 Å². The van der Waals surface area contributed by atoms with Crippen molar-refractivity contribution in [2.24, 2.45) is 28.5 Å². The van der Waals surface area contributed by atoms with Crippen molar-refractivity contribution >= 4 is 24.3 Å². The van der Waals surface area contributed by atoms with E-state index in [2.05, 4.69) is 0 Å². The number of benzene rings is 1.